The molecule has 0 spiro atoms. The van der Waals surface area contributed by atoms with Crippen LogP contribution in [0.3, 0.4) is 0 Å². The maximum Gasteiger partial charge on any atom is 0.317 e. The SMILES string of the molecule is CCCNC(=O)CN(C)C(=O)NCC(CC(=O)O)OC. The molecule has 0 heterocycles. The molecule has 20 heavy (non-hydrogen) atoms. The molecule has 0 bridgehead atoms. The van der Waals surface area contributed by atoms with Crippen LogP contribution >= 0.6 is 0 Å². The first kappa shape index (κ1) is 18.2. The molecule has 0 aliphatic carbocycles. The number of urea groups is 1. The zero-order valence-electron chi connectivity index (χ0n) is 12.1. The smallest absolute Gasteiger partial charge is 0.317 e. The van der Waals surface area contributed by atoms with Gasteiger partial charge in [-0.3, -0.25) is 9.59 Å². The van der Waals surface area contributed by atoms with Crippen molar-refractivity contribution in [2.75, 3.05) is 33.8 Å². The molecule has 0 saturated carbocycles. The lowest BCUT2D eigenvalue weighted by Gasteiger charge is -2.19. The minimum absolute atomic E-state index is 0.0532. The van der Waals surface area contributed by atoms with Crippen LogP contribution in [0.5, 0.6) is 0 Å². The maximum atomic E-state index is 11.7. The maximum absolute atomic E-state index is 11.7. The molecule has 8 nitrogen and oxygen atoms in total. The highest BCUT2D eigenvalue weighted by molar-refractivity contribution is 5.83. The summed E-state index contributed by atoms with van der Waals surface area (Å²) in [6, 6.07) is -0.455. The van der Waals surface area contributed by atoms with Gasteiger partial charge in [-0.2, -0.15) is 0 Å². The molecule has 1 unspecified atom stereocenters. The van der Waals surface area contributed by atoms with Gasteiger partial charge in [-0.1, -0.05) is 6.92 Å². The standard InChI is InChI=1S/C12H23N3O5/c1-4-5-13-10(16)8-15(2)12(19)14-7-9(20-3)6-11(17)18/h9H,4-8H2,1-3H3,(H,13,16)(H,14,19)(H,17,18). The lowest BCUT2D eigenvalue weighted by Crippen LogP contribution is -2.45. The van der Waals surface area contributed by atoms with Gasteiger partial charge in [0.25, 0.3) is 0 Å². The van der Waals surface area contributed by atoms with E-state index in [0.29, 0.717) is 6.54 Å². The Kier molecular flexibility index (Phi) is 9.10. The first-order valence-electron chi connectivity index (χ1n) is 6.40. The van der Waals surface area contributed by atoms with Crippen molar-refractivity contribution in [3.63, 3.8) is 0 Å². The summed E-state index contributed by atoms with van der Waals surface area (Å²) in [7, 11) is 2.86. The van der Waals surface area contributed by atoms with Crippen LogP contribution in [0.2, 0.25) is 0 Å². The first-order valence-corrected chi connectivity index (χ1v) is 6.40. The third kappa shape index (κ3) is 8.30. The summed E-state index contributed by atoms with van der Waals surface area (Å²) in [6.45, 7) is 2.52. The Morgan fingerprint density at radius 2 is 1.95 bits per heavy atom. The Labute approximate surface area is 118 Å². The van der Waals surface area contributed by atoms with Crippen molar-refractivity contribution in [3.8, 4) is 0 Å². The van der Waals surface area contributed by atoms with Crippen molar-refractivity contribution in [3.05, 3.63) is 0 Å². The third-order valence-electron chi connectivity index (χ3n) is 2.52. The van der Waals surface area contributed by atoms with Crippen LogP contribution < -0.4 is 10.6 Å². The van der Waals surface area contributed by atoms with Gasteiger partial charge in [0, 0.05) is 27.2 Å². The van der Waals surface area contributed by atoms with E-state index in [4.69, 9.17) is 9.84 Å². The number of carbonyl (C=O) groups excluding carboxylic acids is 2. The summed E-state index contributed by atoms with van der Waals surface area (Å²) >= 11 is 0. The lowest BCUT2D eigenvalue weighted by molar-refractivity contribution is -0.139. The number of carbonyl (C=O) groups is 3. The van der Waals surface area contributed by atoms with Crippen LogP contribution in [0.25, 0.3) is 0 Å². The van der Waals surface area contributed by atoms with E-state index >= 15 is 0 Å². The number of nitrogens with one attached hydrogen (secondary N) is 2. The summed E-state index contributed by atoms with van der Waals surface area (Å²) in [4.78, 5) is 34.9. The summed E-state index contributed by atoms with van der Waals surface area (Å²) < 4.78 is 4.93. The number of likely N-dealkylation sites (N-methyl/N-ethyl adjacent to an activating group) is 1. The van der Waals surface area contributed by atoms with Gasteiger partial charge in [0.1, 0.15) is 6.54 Å². The van der Waals surface area contributed by atoms with Crippen molar-refractivity contribution in [1.82, 2.24) is 15.5 Å². The van der Waals surface area contributed by atoms with Gasteiger partial charge >= 0.3 is 12.0 Å². The Morgan fingerprint density at radius 1 is 1.30 bits per heavy atom. The predicted molar refractivity (Wildman–Crippen MR) is 72.4 cm³/mol. The second-order valence-corrected chi connectivity index (χ2v) is 4.35. The van der Waals surface area contributed by atoms with E-state index in [0.717, 1.165) is 6.42 Å². The van der Waals surface area contributed by atoms with Crippen LogP contribution in [0, 0.1) is 0 Å². The van der Waals surface area contributed by atoms with Gasteiger partial charge in [0.05, 0.1) is 12.5 Å². The van der Waals surface area contributed by atoms with E-state index < -0.39 is 18.1 Å². The summed E-state index contributed by atoms with van der Waals surface area (Å²) in [5.74, 6) is -1.24. The highest BCUT2D eigenvalue weighted by Gasteiger charge is 2.16. The molecule has 0 aromatic heterocycles. The fraction of sp³-hybridized carbons (Fsp3) is 0.750. The Hall–Kier alpha value is -1.83. The molecule has 116 valence electrons. The number of rotatable bonds is 9. The van der Waals surface area contributed by atoms with Crippen LogP contribution in [0.1, 0.15) is 19.8 Å². The molecule has 8 heteroatoms. The van der Waals surface area contributed by atoms with E-state index in [-0.39, 0.29) is 25.4 Å². The van der Waals surface area contributed by atoms with Crippen molar-refractivity contribution in [2.24, 2.45) is 0 Å². The zero-order valence-corrected chi connectivity index (χ0v) is 12.1. The van der Waals surface area contributed by atoms with Crippen LogP contribution in [0.15, 0.2) is 0 Å². The Morgan fingerprint density at radius 3 is 2.45 bits per heavy atom. The molecule has 3 N–H and O–H groups in total. The minimum Gasteiger partial charge on any atom is -0.481 e. The van der Waals surface area contributed by atoms with E-state index in [1.165, 1.54) is 19.1 Å². The highest BCUT2D eigenvalue weighted by Crippen LogP contribution is 1.96. The van der Waals surface area contributed by atoms with Crippen LogP contribution in [-0.2, 0) is 14.3 Å². The molecule has 0 aromatic carbocycles. The van der Waals surface area contributed by atoms with Crippen molar-refractivity contribution in [2.45, 2.75) is 25.9 Å². The number of carboxylic acid groups (broad SMARTS) is 1. The number of aliphatic carboxylic acids is 1. The van der Waals surface area contributed by atoms with E-state index in [1.54, 1.807) is 0 Å². The number of hydrogen-bond donors (Lipinski definition) is 3. The van der Waals surface area contributed by atoms with Gasteiger partial charge in [-0.25, -0.2) is 4.79 Å². The summed E-state index contributed by atoms with van der Waals surface area (Å²) in [5.41, 5.74) is 0. The number of ether oxygens (including phenoxy) is 1. The molecule has 1 atom stereocenters. The van der Waals surface area contributed by atoms with Gasteiger partial charge < -0.3 is 25.4 Å². The van der Waals surface area contributed by atoms with Gasteiger partial charge in [0.15, 0.2) is 0 Å². The second kappa shape index (κ2) is 10.0. The van der Waals surface area contributed by atoms with E-state index in [1.807, 2.05) is 6.92 Å². The summed E-state index contributed by atoms with van der Waals surface area (Å²) in [5, 5.41) is 13.8. The largest absolute Gasteiger partial charge is 0.481 e. The van der Waals surface area contributed by atoms with Crippen LogP contribution in [0.4, 0.5) is 4.79 Å². The predicted octanol–water partition coefficient (Wildman–Crippen LogP) is -0.356. The number of nitrogens with zero attached hydrogens (tertiary/aromatic N) is 1. The van der Waals surface area contributed by atoms with Crippen molar-refractivity contribution >= 4 is 17.9 Å². The molecule has 0 rings (SSSR count). The number of carboxylic acids is 1. The fourth-order valence-corrected chi connectivity index (χ4v) is 1.38. The summed E-state index contributed by atoms with van der Waals surface area (Å²) in [6.07, 6.45) is 0.0304. The molecule has 0 aromatic rings. The fourth-order valence-electron chi connectivity index (χ4n) is 1.38. The van der Waals surface area contributed by atoms with Crippen LogP contribution in [-0.4, -0.2) is 67.8 Å². The highest BCUT2D eigenvalue weighted by atomic mass is 16.5. The molecule has 0 saturated heterocycles. The molecular weight excluding hydrogens is 266 g/mol. The molecule has 0 aliphatic rings. The average Bonchev–Trinajstić information content (AvgIpc) is 2.40. The average molecular weight is 289 g/mol. The number of hydrogen-bond acceptors (Lipinski definition) is 4. The molecule has 0 radical (unpaired) electrons. The third-order valence-corrected chi connectivity index (χ3v) is 2.52. The molecule has 3 amide bonds. The van der Waals surface area contributed by atoms with Gasteiger partial charge in [-0.15, -0.1) is 0 Å². The topological polar surface area (TPSA) is 108 Å². The van der Waals surface area contributed by atoms with Crippen molar-refractivity contribution < 1.29 is 24.2 Å². The quantitative estimate of drug-likeness (QED) is 0.537. The Balaban J connectivity index is 4.06. The van der Waals surface area contributed by atoms with E-state index in [2.05, 4.69) is 10.6 Å². The van der Waals surface area contributed by atoms with Gasteiger partial charge in [-0.05, 0) is 6.42 Å². The minimum atomic E-state index is -1.00. The van der Waals surface area contributed by atoms with Gasteiger partial charge in [0.2, 0.25) is 5.91 Å². The normalized spacial score (nSPS) is 11.6. The lowest BCUT2D eigenvalue weighted by atomic mass is 10.2. The number of methoxy groups -OCH3 is 1. The van der Waals surface area contributed by atoms with E-state index in [9.17, 15) is 14.4 Å². The Bertz CT molecular complexity index is 335. The molecular formula is C12H23N3O5. The molecule has 0 fully saturated rings. The second-order valence-electron chi connectivity index (χ2n) is 4.35. The monoisotopic (exact) mass is 289 g/mol. The van der Waals surface area contributed by atoms with Crippen molar-refractivity contribution in [1.29, 1.82) is 0 Å². The first-order chi connectivity index (χ1) is 9.40. The molecule has 0 aliphatic heterocycles. The number of amides is 3. The zero-order chi connectivity index (χ0) is 15.5.